The Balaban J connectivity index is 1.31. The number of rotatable bonds is 5. The predicted octanol–water partition coefficient (Wildman–Crippen LogP) is 4.59. The number of carbonyl (C=O) groups excluding carboxylic acids is 1. The Hall–Kier alpha value is -2.59. The van der Waals surface area contributed by atoms with Gasteiger partial charge in [0.2, 0.25) is 0 Å². The van der Waals surface area contributed by atoms with Gasteiger partial charge < -0.3 is 9.73 Å². The third kappa shape index (κ3) is 4.40. The topological polar surface area (TPSA) is 45.5 Å². The van der Waals surface area contributed by atoms with E-state index in [1.807, 2.05) is 24.3 Å². The maximum absolute atomic E-state index is 12.3. The van der Waals surface area contributed by atoms with Gasteiger partial charge in [0.15, 0.2) is 5.76 Å². The van der Waals surface area contributed by atoms with E-state index in [-0.39, 0.29) is 5.91 Å². The second-order valence-electron chi connectivity index (χ2n) is 7.61. The molecule has 0 atom stereocenters. The van der Waals surface area contributed by atoms with Gasteiger partial charge in [-0.2, -0.15) is 0 Å². The number of benzene rings is 2. The average Bonchev–Trinajstić information content (AvgIpc) is 3.13. The van der Waals surface area contributed by atoms with Crippen LogP contribution < -0.4 is 5.32 Å². The molecule has 1 saturated heterocycles. The Bertz CT molecular complexity index is 873. The first-order valence-corrected chi connectivity index (χ1v) is 9.74. The number of hydrogen-bond acceptors (Lipinski definition) is 3. The first kappa shape index (κ1) is 17.8. The van der Waals surface area contributed by atoms with Crippen LogP contribution in [0.5, 0.6) is 0 Å². The van der Waals surface area contributed by atoms with Crippen molar-refractivity contribution in [2.75, 3.05) is 13.1 Å². The summed E-state index contributed by atoms with van der Waals surface area (Å²) in [4.78, 5) is 14.9. The molecule has 0 saturated carbocycles. The molecule has 0 bridgehead atoms. The van der Waals surface area contributed by atoms with Crippen LogP contribution in [0.1, 0.15) is 41.4 Å². The standard InChI is InChI=1S/C23H26N2O2/c1-17-10-12-25(13-11-17)16-19-8-6-18(7-9-19)15-24-23(26)22-14-20-4-2-3-5-21(20)27-22/h2-9,14,17H,10-13,15-16H2,1H3,(H,24,26). The summed E-state index contributed by atoms with van der Waals surface area (Å²) >= 11 is 0. The fraction of sp³-hybridized carbons (Fsp3) is 0.348. The van der Waals surface area contributed by atoms with Crippen molar-refractivity contribution in [2.45, 2.75) is 32.9 Å². The summed E-state index contributed by atoms with van der Waals surface area (Å²) in [5, 5.41) is 3.88. The van der Waals surface area contributed by atoms with Crippen LogP contribution in [0.15, 0.2) is 59.0 Å². The molecule has 4 rings (SSSR count). The van der Waals surface area contributed by atoms with Gasteiger partial charge in [-0.15, -0.1) is 0 Å². The zero-order chi connectivity index (χ0) is 18.6. The molecule has 3 aromatic rings. The summed E-state index contributed by atoms with van der Waals surface area (Å²) in [6, 6.07) is 18.0. The predicted molar refractivity (Wildman–Crippen MR) is 108 cm³/mol. The molecule has 1 aliphatic heterocycles. The molecule has 0 spiro atoms. The summed E-state index contributed by atoms with van der Waals surface area (Å²) in [5.74, 6) is 1.03. The Morgan fingerprint density at radius 2 is 1.78 bits per heavy atom. The minimum Gasteiger partial charge on any atom is -0.451 e. The van der Waals surface area contributed by atoms with E-state index in [1.54, 1.807) is 6.07 Å². The van der Waals surface area contributed by atoms with E-state index >= 15 is 0 Å². The van der Waals surface area contributed by atoms with Crippen molar-refractivity contribution >= 4 is 16.9 Å². The number of para-hydroxylation sites is 1. The molecule has 2 aromatic carbocycles. The third-order valence-electron chi connectivity index (χ3n) is 5.41. The average molecular weight is 362 g/mol. The minimum absolute atomic E-state index is 0.183. The number of carbonyl (C=O) groups is 1. The molecule has 27 heavy (non-hydrogen) atoms. The summed E-state index contributed by atoms with van der Waals surface area (Å²) in [5.41, 5.74) is 3.16. The molecular formula is C23H26N2O2. The Kier molecular flexibility index (Phi) is 5.26. The Morgan fingerprint density at radius 3 is 2.52 bits per heavy atom. The molecule has 1 aliphatic rings. The minimum atomic E-state index is -0.183. The Labute approximate surface area is 160 Å². The quantitative estimate of drug-likeness (QED) is 0.722. The highest BCUT2D eigenvalue weighted by Gasteiger charge is 2.15. The van der Waals surface area contributed by atoms with Crippen LogP contribution >= 0.6 is 0 Å². The Morgan fingerprint density at radius 1 is 1.07 bits per heavy atom. The lowest BCUT2D eigenvalue weighted by atomic mass is 9.99. The van der Waals surface area contributed by atoms with Crippen molar-refractivity contribution in [2.24, 2.45) is 5.92 Å². The molecule has 1 fully saturated rings. The van der Waals surface area contributed by atoms with Crippen molar-refractivity contribution in [1.29, 1.82) is 0 Å². The highest BCUT2D eigenvalue weighted by molar-refractivity contribution is 5.96. The fourth-order valence-corrected chi connectivity index (χ4v) is 3.60. The van der Waals surface area contributed by atoms with Crippen LogP contribution in [0.25, 0.3) is 11.0 Å². The van der Waals surface area contributed by atoms with E-state index in [9.17, 15) is 4.79 Å². The second kappa shape index (κ2) is 7.97. The van der Waals surface area contributed by atoms with E-state index < -0.39 is 0 Å². The summed E-state index contributed by atoms with van der Waals surface area (Å²) < 4.78 is 5.61. The zero-order valence-electron chi connectivity index (χ0n) is 15.8. The number of amides is 1. The maximum Gasteiger partial charge on any atom is 0.287 e. The van der Waals surface area contributed by atoms with E-state index in [2.05, 4.69) is 41.4 Å². The van der Waals surface area contributed by atoms with Crippen molar-refractivity contribution in [3.63, 3.8) is 0 Å². The van der Waals surface area contributed by atoms with E-state index in [4.69, 9.17) is 4.42 Å². The first-order chi connectivity index (χ1) is 13.2. The van der Waals surface area contributed by atoms with Crippen LogP contribution in [-0.4, -0.2) is 23.9 Å². The number of fused-ring (bicyclic) bond motifs is 1. The van der Waals surface area contributed by atoms with Gasteiger partial charge in [-0.3, -0.25) is 9.69 Å². The SMILES string of the molecule is CC1CCN(Cc2ccc(CNC(=O)c3cc4ccccc4o3)cc2)CC1. The van der Waals surface area contributed by atoms with Gasteiger partial charge >= 0.3 is 0 Å². The lowest BCUT2D eigenvalue weighted by Crippen LogP contribution is -2.32. The monoisotopic (exact) mass is 362 g/mol. The number of hydrogen-bond donors (Lipinski definition) is 1. The van der Waals surface area contributed by atoms with E-state index in [0.29, 0.717) is 12.3 Å². The first-order valence-electron chi connectivity index (χ1n) is 9.74. The van der Waals surface area contributed by atoms with Crippen molar-refractivity contribution in [3.8, 4) is 0 Å². The van der Waals surface area contributed by atoms with Gasteiger partial charge in [-0.05, 0) is 55.1 Å². The van der Waals surface area contributed by atoms with Crippen LogP contribution in [-0.2, 0) is 13.1 Å². The van der Waals surface area contributed by atoms with Crippen molar-refractivity contribution < 1.29 is 9.21 Å². The number of piperidine rings is 1. The molecule has 1 amide bonds. The number of nitrogens with zero attached hydrogens (tertiary/aromatic N) is 1. The zero-order valence-corrected chi connectivity index (χ0v) is 15.8. The molecule has 4 nitrogen and oxygen atoms in total. The summed E-state index contributed by atoms with van der Waals surface area (Å²) in [6.45, 7) is 6.23. The van der Waals surface area contributed by atoms with Crippen LogP contribution in [0, 0.1) is 5.92 Å². The highest BCUT2D eigenvalue weighted by Crippen LogP contribution is 2.19. The van der Waals surface area contributed by atoms with Crippen molar-refractivity contribution in [1.82, 2.24) is 10.2 Å². The molecule has 2 heterocycles. The van der Waals surface area contributed by atoms with E-state index in [0.717, 1.165) is 29.0 Å². The maximum atomic E-state index is 12.3. The van der Waals surface area contributed by atoms with Crippen LogP contribution in [0.3, 0.4) is 0 Å². The van der Waals surface area contributed by atoms with Gasteiger partial charge in [0.25, 0.3) is 5.91 Å². The molecule has 140 valence electrons. The molecule has 0 aliphatic carbocycles. The third-order valence-corrected chi connectivity index (χ3v) is 5.41. The van der Waals surface area contributed by atoms with Gasteiger partial charge in [0.05, 0.1) is 0 Å². The second-order valence-corrected chi connectivity index (χ2v) is 7.61. The summed E-state index contributed by atoms with van der Waals surface area (Å²) in [7, 11) is 0. The largest absolute Gasteiger partial charge is 0.451 e. The smallest absolute Gasteiger partial charge is 0.287 e. The lowest BCUT2D eigenvalue weighted by molar-refractivity contribution is 0.0925. The molecule has 0 radical (unpaired) electrons. The molecule has 4 heteroatoms. The van der Waals surface area contributed by atoms with Crippen LogP contribution in [0.4, 0.5) is 0 Å². The summed E-state index contributed by atoms with van der Waals surface area (Å²) in [6.07, 6.45) is 2.60. The van der Waals surface area contributed by atoms with E-state index in [1.165, 1.54) is 31.5 Å². The molecule has 1 aromatic heterocycles. The highest BCUT2D eigenvalue weighted by atomic mass is 16.3. The van der Waals surface area contributed by atoms with Gasteiger partial charge in [0.1, 0.15) is 5.58 Å². The molecule has 0 unspecified atom stereocenters. The normalized spacial score (nSPS) is 15.9. The van der Waals surface area contributed by atoms with Gasteiger partial charge in [-0.1, -0.05) is 49.4 Å². The number of likely N-dealkylation sites (tertiary alicyclic amines) is 1. The number of nitrogens with one attached hydrogen (secondary N) is 1. The van der Waals surface area contributed by atoms with Gasteiger partial charge in [-0.25, -0.2) is 0 Å². The van der Waals surface area contributed by atoms with Gasteiger partial charge in [0, 0.05) is 18.5 Å². The fourth-order valence-electron chi connectivity index (χ4n) is 3.60. The molecular weight excluding hydrogens is 336 g/mol. The number of furan rings is 1. The lowest BCUT2D eigenvalue weighted by Gasteiger charge is -2.30. The molecule has 1 N–H and O–H groups in total. The van der Waals surface area contributed by atoms with Crippen molar-refractivity contribution in [3.05, 3.63) is 71.5 Å². The van der Waals surface area contributed by atoms with Crippen LogP contribution in [0.2, 0.25) is 0 Å².